The Balaban J connectivity index is 2.09. The molecule has 1 fully saturated rings. The zero-order chi connectivity index (χ0) is 20.0. The molecule has 1 amide bonds. The smallest absolute Gasteiger partial charge is 0.338 e. The number of nitro groups is 1. The van der Waals surface area contributed by atoms with Gasteiger partial charge in [0.05, 0.1) is 10.5 Å². The fourth-order valence-corrected chi connectivity index (χ4v) is 3.11. The minimum atomic E-state index is -0.754. The van der Waals surface area contributed by atoms with E-state index in [-0.39, 0.29) is 17.3 Å². The third-order valence-electron chi connectivity index (χ3n) is 4.76. The van der Waals surface area contributed by atoms with Gasteiger partial charge in [0.25, 0.3) is 11.6 Å². The van der Waals surface area contributed by atoms with Crippen LogP contribution in [0.2, 0.25) is 0 Å². The quantitative estimate of drug-likeness (QED) is 0.445. The van der Waals surface area contributed by atoms with Crippen molar-refractivity contribution in [3.8, 4) is 0 Å². The molecule has 0 saturated carbocycles. The molecule has 0 spiro atoms. The monoisotopic (exact) mass is 377 g/mol. The molecule has 1 heterocycles. The Morgan fingerprint density at radius 2 is 2.19 bits per heavy atom. The highest BCUT2D eigenvalue weighted by molar-refractivity contribution is 5.93. The lowest BCUT2D eigenvalue weighted by atomic mass is 9.99. The van der Waals surface area contributed by atoms with E-state index >= 15 is 0 Å². The van der Waals surface area contributed by atoms with E-state index in [2.05, 4.69) is 12.2 Å². The Labute approximate surface area is 159 Å². The molecule has 0 bridgehead atoms. The summed E-state index contributed by atoms with van der Waals surface area (Å²) in [4.78, 5) is 36.9. The van der Waals surface area contributed by atoms with Gasteiger partial charge in [-0.15, -0.1) is 0 Å². The van der Waals surface area contributed by atoms with Gasteiger partial charge in [0.2, 0.25) is 0 Å². The van der Waals surface area contributed by atoms with Gasteiger partial charge in [-0.25, -0.2) is 4.79 Å². The van der Waals surface area contributed by atoms with Crippen molar-refractivity contribution >= 4 is 23.3 Å². The third kappa shape index (κ3) is 5.67. The molecule has 2 atom stereocenters. The second kappa shape index (κ2) is 9.34. The molecule has 1 aliphatic heterocycles. The summed E-state index contributed by atoms with van der Waals surface area (Å²) >= 11 is 0. The highest BCUT2D eigenvalue weighted by atomic mass is 16.6. The van der Waals surface area contributed by atoms with Crippen molar-refractivity contribution < 1.29 is 19.2 Å². The number of amides is 1. The van der Waals surface area contributed by atoms with Crippen molar-refractivity contribution in [1.29, 1.82) is 0 Å². The van der Waals surface area contributed by atoms with Gasteiger partial charge in [-0.1, -0.05) is 13.8 Å². The number of nitro benzene ring substituents is 1. The molecular formula is C19H27N3O5. The Morgan fingerprint density at radius 1 is 1.44 bits per heavy atom. The molecule has 0 radical (unpaired) electrons. The van der Waals surface area contributed by atoms with E-state index in [1.807, 2.05) is 18.7 Å². The molecule has 1 aromatic carbocycles. The summed E-state index contributed by atoms with van der Waals surface area (Å²) in [5, 5.41) is 14.2. The van der Waals surface area contributed by atoms with Crippen LogP contribution in [0.15, 0.2) is 18.2 Å². The van der Waals surface area contributed by atoms with E-state index in [1.54, 1.807) is 6.07 Å². The predicted molar refractivity (Wildman–Crippen MR) is 102 cm³/mol. The van der Waals surface area contributed by atoms with Crippen LogP contribution >= 0.6 is 0 Å². The summed E-state index contributed by atoms with van der Waals surface area (Å²) in [6, 6.07) is 4.31. The van der Waals surface area contributed by atoms with Crippen LogP contribution in [-0.2, 0) is 9.53 Å². The minimum Gasteiger partial charge on any atom is -0.452 e. The minimum absolute atomic E-state index is 0.0106. The summed E-state index contributed by atoms with van der Waals surface area (Å²) in [5.41, 5.74) is 0.451. The van der Waals surface area contributed by atoms with Gasteiger partial charge in [-0.2, -0.15) is 0 Å². The van der Waals surface area contributed by atoms with E-state index in [0.717, 1.165) is 32.4 Å². The first-order chi connectivity index (χ1) is 12.8. The van der Waals surface area contributed by atoms with E-state index in [0.29, 0.717) is 11.6 Å². The Kier molecular flexibility index (Phi) is 7.15. The van der Waals surface area contributed by atoms with Gasteiger partial charge in [0.1, 0.15) is 5.69 Å². The number of carbonyl (C=O) groups is 2. The second-order valence-corrected chi connectivity index (χ2v) is 7.11. The van der Waals surface area contributed by atoms with Crippen molar-refractivity contribution in [2.45, 2.75) is 46.1 Å². The molecule has 27 heavy (non-hydrogen) atoms. The number of nitrogens with one attached hydrogen (secondary N) is 1. The fraction of sp³-hybridized carbons (Fsp3) is 0.579. The van der Waals surface area contributed by atoms with Crippen LogP contribution in [0.4, 0.5) is 11.4 Å². The lowest BCUT2D eigenvalue weighted by Gasteiger charge is -2.32. The highest BCUT2D eigenvalue weighted by Crippen LogP contribution is 2.32. The molecule has 1 aliphatic rings. The van der Waals surface area contributed by atoms with Gasteiger partial charge >= 0.3 is 5.97 Å². The van der Waals surface area contributed by atoms with Crippen LogP contribution in [0.1, 0.15) is 50.4 Å². The standard InChI is InChI=1S/C19H27N3O5/c1-4-14(3)20-18(23)12-27-19(24)15-7-8-16(17(10-15)22(25)26)21-9-5-6-13(2)11-21/h7-8,10,13-14H,4-6,9,11-12H2,1-3H3,(H,20,23). The van der Waals surface area contributed by atoms with Gasteiger partial charge < -0.3 is 15.0 Å². The maximum atomic E-state index is 12.2. The number of benzene rings is 1. The van der Waals surface area contributed by atoms with Crippen LogP contribution in [0.3, 0.4) is 0 Å². The molecule has 2 rings (SSSR count). The fourth-order valence-electron chi connectivity index (χ4n) is 3.11. The zero-order valence-electron chi connectivity index (χ0n) is 16.1. The van der Waals surface area contributed by atoms with E-state index < -0.39 is 23.4 Å². The summed E-state index contributed by atoms with van der Waals surface area (Å²) in [6.45, 7) is 6.99. The van der Waals surface area contributed by atoms with Crippen molar-refractivity contribution in [1.82, 2.24) is 5.32 Å². The summed E-state index contributed by atoms with van der Waals surface area (Å²) in [7, 11) is 0. The first kappa shape index (κ1) is 20.7. The number of rotatable bonds is 7. The number of hydrogen-bond donors (Lipinski definition) is 1. The van der Waals surface area contributed by atoms with Crippen LogP contribution in [0.5, 0.6) is 0 Å². The largest absolute Gasteiger partial charge is 0.452 e. The van der Waals surface area contributed by atoms with Gasteiger partial charge in [-0.05, 0) is 44.2 Å². The van der Waals surface area contributed by atoms with Gasteiger partial charge in [0.15, 0.2) is 6.61 Å². The third-order valence-corrected chi connectivity index (χ3v) is 4.76. The van der Waals surface area contributed by atoms with Crippen LogP contribution < -0.4 is 10.2 Å². The first-order valence-electron chi connectivity index (χ1n) is 9.31. The van der Waals surface area contributed by atoms with Crippen molar-refractivity contribution in [2.75, 3.05) is 24.6 Å². The van der Waals surface area contributed by atoms with E-state index in [9.17, 15) is 19.7 Å². The van der Waals surface area contributed by atoms with Crippen LogP contribution in [-0.4, -0.2) is 42.5 Å². The van der Waals surface area contributed by atoms with E-state index in [4.69, 9.17) is 4.74 Å². The Bertz CT molecular complexity index is 707. The first-order valence-corrected chi connectivity index (χ1v) is 9.31. The van der Waals surface area contributed by atoms with E-state index in [1.165, 1.54) is 12.1 Å². The SMILES string of the molecule is CCC(C)NC(=O)COC(=O)c1ccc(N2CCCC(C)C2)c([N+](=O)[O-])c1. The number of ether oxygens (including phenoxy) is 1. The lowest BCUT2D eigenvalue weighted by molar-refractivity contribution is -0.384. The number of esters is 1. The number of carbonyl (C=O) groups excluding carboxylic acids is 2. The van der Waals surface area contributed by atoms with Crippen LogP contribution in [0, 0.1) is 16.0 Å². The number of hydrogen-bond acceptors (Lipinski definition) is 6. The molecule has 1 aromatic rings. The second-order valence-electron chi connectivity index (χ2n) is 7.11. The maximum Gasteiger partial charge on any atom is 0.338 e. The number of anilines is 1. The van der Waals surface area contributed by atoms with Crippen molar-refractivity contribution in [2.24, 2.45) is 5.92 Å². The normalized spacial score (nSPS) is 17.9. The highest BCUT2D eigenvalue weighted by Gasteiger charge is 2.25. The topological polar surface area (TPSA) is 102 Å². The summed E-state index contributed by atoms with van der Waals surface area (Å²) in [5.74, 6) is -0.686. The van der Waals surface area contributed by atoms with Crippen molar-refractivity contribution in [3.05, 3.63) is 33.9 Å². The molecular weight excluding hydrogens is 350 g/mol. The zero-order valence-corrected chi connectivity index (χ0v) is 16.1. The summed E-state index contributed by atoms with van der Waals surface area (Å²) in [6.07, 6.45) is 2.85. The lowest BCUT2D eigenvalue weighted by Crippen LogP contribution is -2.35. The molecule has 148 valence electrons. The molecule has 2 unspecified atom stereocenters. The van der Waals surface area contributed by atoms with Gasteiger partial charge in [0, 0.05) is 25.2 Å². The molecule has 1 N–H and O–H groups in total. The molecule has 0 aromatic heterocycles. The number of nitrogens with zero attached hydrogens (tertiary/aromatic N) is 2. The summed E-state index contributed by atoms with van der Waals surface area (Å²) < 4.78 is 4.99. The van der Waals surface area contributed by atoms with Crippen LogP contribution in [0.25, 0.3) is 0 Å². The average Bonchev–Trinajstić information content (AvgIpc) is 2.65. The molecule has 0 aliphatic carbocycles. The van der Waals surface area contributed by atoms with Gasteiger partial charge in [-0.3, -0.25) is 14.9 Å². The maximum absolute atomic E-state index is 12.2. The predicted octanol–water partition coefficient (Wildman–Crippen LogP) is 2.90. The molecule has 8 heteroatoms. The van der Waals surface area contributed by atoms with Crippen molar-refractivity contribution in [3.63, 3.8) is 0 Å². The number of piperidine rings is 1. The Morgan fingerprint density at radius 3 is 2.81 bits per heavy atom. The average molecular weight is 377 g/mol. The Hall–Kier alpha value is -2.64. The molecule has 8 nitrogen and oxygen atoms in total. The molecule has 1 saturated heterocycles.